The highest BCUT2D eigenvalue weighted by molar-refractivity contribution is 5.93. The van der Waals surface area contributed by atoms with Crippen LogP contribution in [0.25, 0.3) is 5.69 Å². The van der Waals surface area contributed by atoms with E-state index in [0.717, 1.165) is 31.7 Å². The zero-order valence-electron chi connectivity index (χ0n) is 12.5. The Balaban J connectivity index is 1.50. The van der Waals surface area contributed by atoms with Crippen LogP contribution in [0.5, 0.6) is 0 Å². The van der Waals surface area contributed by atoms with Crippen LogP contribution in [-0.4, -0.2) is 46.3 Å². The number of amides is 1. The summed E-state index contributed by atoms with van der Waals surface area (Å²) in [7, 11) is 0. The normalized spacial score (nSPS) is 24.3. The fraction of sp³-hybridized carbons (Fsp3) is 0.412. The molecule has 0 radical (unpaired) electrons. The third-order valence-electron chi connectivity index (χ3n) is 4.79. The second kappa shape index (κ2) is 5.57. The lowest BCUT2D eigenvalue weighted by atomic mass is 9.93. The van der Waals surface area contributed by atoms with Crippen molar-refractivity contribution in [1.82, 2.24) is 20.0 Å². The molecule has 2 aliphatic heterocycles. The van der Waals surface area contributed by atoms with E-state index in [4.69, 9.17) is 0 Å². The summed E-state index contributed by atoms with van der Waals surface area (Å²) in [5, 5.41) is 7.85. The van der Waals surface area contributed by atoms with Gasteiger partial charge < -0.3 is 10.2 Å². The lowest BCUT2D eigenvalue weighted by molar-refractivity contribution is 0.0662. The minimum Gasteiger partial charge on any atom is -0.338 e. The molecule has 5 nitrogen and oxygen atoms in total. The number of nitrogens with zero attached hydrogens (tertiary/aromatic N) is 3. The number of carbonyl (C=O) groups excluding carboxylic acids is 1. The minimum absolute atomic E-state index is 0.104. The fourth-order valence-corrected chi connectivity index (χ4v) is 3.57. The van der Waals surface area contributed by atoms with Gasteiger partial charge in [0.05, 0.1) is 17.4 Å². The summed E-state index contributed by atoms with van der Waals surface area (Å²) in [5.41, 5.74) is 1.65. The first-order valence-corrected chi connectivity index (χ1v) is 7.94. The number of para-hydroxylation sites is 1. The SMILES string of the molecule is O=C(c1cnn(-c2ccccc2)c1)N1CCC2NCCC2C1. The summed E-state index contributed by atoms with van der Waals surface area (Å²) in [5.74, 6) is 0.717. The average molecular weight is 296 g/mol. The largest absolute Gasteiger partial charge is 0.338 e. The van der Waals surface area contributed by atoms with Crippen LogP contribution in [0.2, 0.25) is 0 Å². The monoisotopic (exact) mass is 296 g/mol. The van der Waals surface area contributed by atoms with Crippen molar-refractivity contribution in [3.05, 3.63) is 48.3 Å². The van der Waals surface area contributed by atoms with E-state index in [1.54, 1.807) is 10.9 Å². The molecule has 2 aliphatic rings. The number of fused-ring (bicyclic) bond motifs is 1. The van der Waals surface area contributed by atoms with Gasteiger partial charge in [0, 0.05) is 25.3 Å². The zero-order chi connectivity index (χ0) is 14.9. The van der Waals surface area contributed by atoms with Crippen molar-refractivity contribution < 1.29 is 4.79 Å². The predicted molar refractivity (Wildman–Crippen MR) is 84.0 cm³/mol. The summed E-state index contributed by atoms with van der Waals surface area (Å²) in [6.07, 6.45) is 5.74. The Labute approximate surface area is 129 Å². The van der Waals surface area contributed by atoms with Gasteiger partial charge in [-0.3, -0.25) is 4.79 Å². The van der Waals surface area contributed by atoms with Gasteiger partial charge in [-0.15, -0.1) is 0 Å². The lowest BCUT2D eigenvalue weighted by Crippen LogP contribution is -2.46. The molecule has 114 valence electrons. The number of piperidine rings is 1. The smallest absolute Gasteiger partial charge is 0.257 e. The maximum absolute atomic E-state index is 12.7. The van der Waals surface area contributed by atoms with E-state index in [1.807, 2.05) is 41.4 Å². The molecular weight excluding hydrogens is 276 g/mol. The average Bonchev–Trinajstić information content (AvgIpc) is 3.23. The first kappa shape index (κ1) is 13.5. The van der Waals surface area contributed by atoms with Crippen LogP contribution < -0.4 is 5.32 Å². The number of rotatable bonds is 2. The van der Waals surface area contributed by atoms with Gasteiger partial charge in [-0.1, -0.05) is 18.2 Å². The molecule has 2 aromatic rings. The van der Waals surface area contributed by atoms with Crippen LogP contribution in [-0.2, 0) is 0 Å². The summed E-state index contributed by atoms with van der Waals surface area (Å²) >= 11 is 0. The molecule has 3 heterocycles. The van der Waals surface area contributed by atoms with E-state index >= 15 is 0 Å². The molecule has 22 heavy (non-hydrogen) atoms. The number of aromatic nitrogens is 2. The van der Waals surface area contributed by atoms with Gasteiger partial charge in [0.2, 0.25) is 0 Å². The van der Waals surface area contributed by atoms with Gasteiger partial charge in [-0.25, -0.2) is 4.68 Å². The summed E-state index contributed by atoms with van der Waals surface area (Å²) < 4.78 is 1.76. The molecule has 1 amide bonds. The lowest BCUT2D eigenvalue weighted by Gasteiger charge is -2.34. The maximum atomic E-state index is 12.7. The third kappa shape index (κ3) is 2.41. The second-order valence-electron chi connectivity index (χ2n) is 6.16. The molecule has 1 aromatic heterocycles. The highest BCUT2D eigenvalue weighted by atomic mass is 16.2. The molecular formula is C17H20N4O. The molecule has 2 unspecified atom stereocenters. The Morgan fingerprint density at radius 2 is 2.09 bits per heavy atom. The molecule has 0 saturated carbocycles. The maximum Gasteiger partial charge on any atom is 0.257 e. The number of likely N-dealkylation sites (tertiary alicyclic amines) is 1. The van der Waals surface area contributed by atoms with Gasteiger partial charge in [0.25, 0.3) is 5.91 Å². The minimum atomic E-state index is 0.104. The summed E-state index contributed by atoms with van der Waals surface area (Å²) in [6.45, 7) is 2.79. The molecule has 0 aliphatic carbocycles. The number of hydrogen-bond donors (Lipinski definition) is 1. The summed E-state index contributed by atoms with van der Waals surface area (Å²) in [6, 6.07) is 10.5. The Bertz CT molecular complexity index is 666. The molecule has 4 rings (SSSR count). The van der Waals surface area contributed by atoms with Gasteiger partial charge in [-0.2, -0.15) is 5.10 Å². The van der Waals surface area contributed by atoms with Crippen LogP contribution >= 0.6 is 0 Å². The van der Waals surface area contributed by atoms with Crippen molar-refractivity contribution in [2.75, 3.05) is 19.6 Å². The highest BCUT2D eigenvalue weighted by Gasteiger charge is 2.34. The molecule has 0 bridgehead atoms. The molecule has 2 fully saturated rings. The van der Waals surface area contributed by atoms with Crippen LogP contribution in [0, 0.1) is 5.92 Å². The van der Waals surface area contributed by atoms with Crippen molar-refractivity contribution in [3.63, 3.8) is 0 Å². The number of benzene rings is 1. The molecule has 2 saturated heterocycles. The Kier molecular flexibility index (Phi) is 3.42. The van der Waals surface area contributed by atoms with E-state index in [-0.39, 0.29) is 5.91 Å². The van der Waals surface area contributed by atoms with E-state index in [0.29, 0.717) is 17.5 Å². The van der Waals surface area contributed by atoms with Crippen molar-refractivity contribution in [2.45, 2.75) is 18.9 Å². The zero-order valence-corrected chi connectivity index (χ0v) is 12.5. The highest BCUT2D eigenvalue weighted by Crippen LogP contribution is 2.25. The topological polar surface area (TPSA) is 50.2 Å². The molecule has 0 spiro atoms. The van der Waals surface area contributed by atoms with Crippen LogP contribution in [0.15, 0.2) is 42.7 Å². The fourth-order valence-electron chi connectivity index (χ4n) is 3.57. The molecule has 5 heteroatoms. The van der Waals surface area contributed by atoms with Gasteiger partial charge in [0.15, 0.2) is 0 Å². The second-order valence-corrected chi connectivity index (χ2v) is 6.16. The van der Waals surface area contributed by atoms with Crippen molar-refractivity contribution in [3.8, 4) is 5.69 Å². The van der Waals surface area contributed by atoms with E-state index in [2.05, 4.69) is 10.4 Å². The van der Waals surface area contributed by atoms with Gasteiger partial charge >= 0.3 is 0 Å². The number of nitrogens with one attached hydrogen (secondary N) is 1. The standard InChI is InChI=1S/C17H20N4O/c22-17(20-9-7-16-13(11-20)6-8-18-16)14-10-19-21(12-14)15-4-2-1-3-5-15/h1-5,10,12-13,16,18H,6-9,11H2. The van der Waals surface area contributed by atoms with Crippen LogP contribution in [0.4, 0.5) is 0 Å². The predicted octanol–water partition coefficient (Wildman–Crippen LogP) is 1.70. The van der Waals surface area contributed by atoms with Gasteiger partial charge in [-0.05, 0) is 37.4 Å². The first-order chi connectivity index (χ1) is 10.8. The van der Waals surface area contributed by atoms with E-state index in [9.17, 15) is 4.79 Å². The third-order valence-corrected chi connectivity index (χ3v) is 4.79. The molecule has 1 N–H and O–H groups in total. The number of hydrogen-bond acceptors (Lipinski definition) is 3. The van der Waals surface area contributed by atoms with Crippen LogP contribution in [0.3, 0.4) is 0 Å². The van der Waals surface area contributed by atoms with Gasteiger partial charge in [0.1, 0.15) is 0 Å². The van der Waals surface area contributed by atoms with Crippen molar-refractivity contribution in [2.24, 2.45) is 5.92 Å². The first-order valence-electron chi connectivity index (χ1n) is 7.94. The van der Waals surface area contributed by atoms with Crippen molar-refractivity contribution in [1.29, 1.82) is 0 Å². The Hall–Kier alpha value is -2.14. The quantitative estimate of drug-likeness (QED) is 0.917. The van der Waals surface area contributed by atoms with Crippen LogP contribution in [0.1, 0.15) is 23.2 Å². The summed E-state index contributed by atoms with van der Waals surface area (Å²) in [4.78, 5) is 14.7. The molecule has 1 aromatic carbocycles. The van der Waals surface area contributed by atoms with Crippen molar-refractivity contribution >= 4 is 5.91 Å². The Morgan fingerprint density at radius 3 is 2.95 bits per heavy atom. The number of carbonyl (C=O) groups is 1. The molecule has 2 atom stereocenters. The van der Waals surface area contributed by atoms with E-state index < -0.39 is 0 Å². The Morgan fingerprint density at radius 1 is 1.23 bits per heavy atom. The van der Waals surface area contributed by atoms with E-state index in [1.165, 1.54) is 6.42 Å².